The largest absolute Gasteiger partial charge is 0.487 e. The molecule has 1 aromatic carbocycles. The number of rotatable bonds is 3. The lowest BCUT2D eigenvalue weighted by Gasteiger charge is -2.31. The highest BCUT2D eigenvalue weighted by molar-refractivity contribution is 5.58. The third-order valence-corrected chi connectivity index (χ3v) is 3.63. The van der Waals surface area contributed by atoms with Crippen LogP contribution in [0.4, 0.5) is 5.69 Å². The Morgan fingerprint density at radius 3 is 2.67 bits per heavy atom. The Morgan fingerprint density at radius 2 is 1.89 bits per heavy atom. The van der Waals surface area contributed by atoms with Crippen LogP contribution in [0.5, 0.6) is 5.75 Å². The second-order valence-corrected chi connectivity index (χ2v) is 4.94. The molecule has 2 aliphatic heterocycles. The number of nitrogens with zero attached hydrogens (tertiary/aromatic N) is 1. The lowest BCUT2D eigenvalue weighted by atomic mass is 10.2. The van der Waals surface area contributed by atoms with E-state index in [0.29, 0.717) is 6.10 Å². The lowest BCUT2D eigenvalue weighted by Crippen LogP contribution is -2.43. The van der Waals surface area contributed by atoms with Crippen LogP contribution in [0.1, 0.15) is 6.42 Å². The van der Waals surface area contributed by atoms with Gasteiger partial charge in [0.2, 0.25) is 0 Å². The van der Waals surface area contributed by atoms with Crippen molar-refractivity contribution >= 4 is 5.69 Å². The Hall–Kier alpha value is -1.26. The van der Waals surface area contributed by atoms with Gasteiger partial charge >= 0.3 is 0 Å². The van der Waals surface area contributed by atoms with Gasteiger partial charge in [-0.25, -0.2) is 0 Å². The maximum atomic E-state index is 6.14. The molecule has 0 aromatic heterocycles. The summed E-state index contributed by atoms with van der Waals surface area (Å²) < 4.78 is 6.14. The van der Waals surface area contributed by atoms with Gasteiger partial charge in [0.15, 0.2) is 0 Å². The van der Waals surface area contributed by atoms with Gasteiger partial charge in [-0.1, -0.05) is 12.1 Å². The van der Waals surface area contributed by atoms with Crippen LogP contribution in [0.15, 0.2) is 24.3 Å². The highest BCUT2D eigenvalue weighted by Gasteiger charge is 2.19. The minimum atomic E-state index is 0.328. The van der Waals surface area contributed by atoms with Gasteiger partial charge in [0.25, 0.3) is 0 Å². The number of para-hydroxylation sites is 2. The standard InChI is InChI=1S/C14H21N3O/c1-2-4-14(18-12-5-6-16-11-12)13(3-1)17-9-7-15-8-10-17/h1-4,12,15-16H,5-11H2/t12-/m1/s1. The first kappa shape index (κ1) is 11.8. The topological polar surface area (TPSA) is 36.5 Å². The molecule has 2 heterocycles. The molecule has 18 heavy (non-hydrogen) atoms. The Morgan fingerprint density at radius 1 is 1.06 bits per heavy atom. The molecular formula is C14H21N3O. The van der Waals surface area contributed by atoms with E-state index >= 15 is 0 Å². The average molecular weight is 247 g/mol. The Labute approximate surface area is 108 Å². The number of ether oxygens (including phenoxy) is 1. The average Bonchev–Trinajstić information content (AvgIpc) is 2.93. The van der Waals surface area contributed by atoms with Crippen molar-refractivity contribution in [2.75, 3.05) is 44.2 Å². The van der Waals surface area contributed by atoms with Crippen LogP contribution in [-0.2, 0) is 0 Å². The molecule has 3 rings (SSSR count). The molecule has 2 saturated heterocycles. The monoisotopic (exact) mass is 247 g/mol. The van der Waals surface area contributed by atoms with Gasteiger partial charge in [0, 0.05) is 32.7 Å². The molecule has 0 aliphatic carbocycles. The van der Waals surface area contributed by atoms with Gasteiger partial charge in [0.05, 0.1) is 5.69 Å². The minimum absolute atomic E-state index is 0.328. The molecule has 2 fully saturated rings. The van der Waals surface area contributed by atoms with Gasteiger partial charge in [-0.15, -0.1) is 0 Å². The summed E-state index contributed by atoms with van der Waals surface area (Å²) in [4.78, 5) is 2.41. The molecule has 4 nitrogen and oxygen atoms in total. The summed E-state index contributed by atoms with van der Waals surface area (Å²) in [5, 5.41) is 6.73. The van der Waals surface area contributed by atoms with Crippen molar-refractivity contribution in [1.29, 1.82) is 0 Å². The summed E-state index contributed by atoms with van der Waals surface area (Å²) in [5.41, 5.74) is 1.24. The van der Waals surface area contributed by atoms with Gasteiger partial charge < -0.3 is 20.3 Å². The zero-order valence-corrected chi connectivity index (χ0v) is 10.7. The number of hydrogen-bond donors (Lipinski definition) is 2. The molecule has 2 aliphatic rings. The van der Waals surface area contributed by atoms with Crippen LogP contribution in [0.3, 0.4) is 0 Å². The molecule has 0 unspecified atom stereocenters. The van der Waals surface area contributed by atoms with Crippen molar-refractivity contribution in [1.82, 2.24) is 10.6 Å². The summed E-state index contributed by atoms with van der Waals surface area (Å²) in [7, 11) is 0. The zero-order chi connectivity index (χ0) is 12.2. The number of nitrogens with one attached hydrogen (secondary N) is 2. The van der Waals surface area contributed by atoms with E-state index in [0.717, 1.165) is 51.4 Å². The predicted octanol–water partition coefficient (Wildman–Crippen LogP) is 0.837. The molecule has 0 radical (unpaired) electrons. The molecule has 2 N–H and O–H groups in total. The zero-order valence-electron chi connectivity index (χ0n) is 10.7. The Bertz CT molecular complexity index is 384. The van der Waals surface area contributed by atoms with Crippen LogP contribution in [0, 0.1) is 0 Å². The van der Waals surface area contributed by atoms with E-state index in [4.69, 9.17) is 4.74 Å². The highest BCUT2D eigenvalue weighted by Crippen LogP contribution is 2.29. The van der Waals surface area contributed by atoms with E-state index in [2.05, 4.69) is 39.8 Å². The maximum absolute atomic E-state index is 6.14. The van der Waals surface area contributed by atoms with Crippen LogP contribution in [0.25, 0.3) is 0 Å². The SMILES string of the molecule is c1ccc(N2CCNCC2)c(O[C@@H]2CCNC2)c1. The van der Waals surface area contributed by atoms with E-state index in [1.54, 1.807) is 0 Å². The maximum Gasteiger partial charge on any atom is 0.143 e. The summed E-state index contributed by atoms with van der Waals surface area (Å²) in [6.45, 7) is 6.27. The van der Waals surface area contributed by atoms with Crippen LogP contribution < -0.4 is 20.3 Å². The molecular weight excluding hydrogens is 226 g/mol. The molecule has 0 spiro atoms. The first-order valence-corrected chi connectivity index (χ1v) is 6.85. The molecule has 0 saturated carbocycles. The summed E-state index contributed by atoms with van der Waals surface area (Å²) >= 11 is 0. The van der Waals surface area contributed by atoms with Gasteiger partial charge in [0.1, 0.15) is 11.9 Å². The van der Waals surface area contributed by atoms with E-state index in [9.17, 15) is 0 Å². The van der Waals surface area contributed by atoms with Crippen LogP contribution in [-0.4, -0.2) is 45.4 Å². The van der Waals surface area contributed by atoms with Gasteiger partial charge in [-0.2, -0.15) is 0 Å². The van der Waals surface area contributed by atoms with Crippen LogP contribution >= 0.6 is 0 Å². The van der Waals surface area contributed by atoms with E-state index < -0.39 is 0 Å². The third-order valence-electron chi connectivity index (χ3n) is 3.63. The molecule has 98 valence electrons. The number of benzene rings is 1. The third kappa shape index (κ3) is 2.60. The summed E-state index contributed by atoms with van der Waals surface area (Å²) in [5.74, 6) is 1.04. The Balaban J connectivity index is 1.75. The van der Waals surface area contributed by atoms with Crippen molar-refractivity contribution in [3.63, 3.8) is 0 Å². The second kappa shape index (κ2) is 5.59. The number of piperazine rings is 1. The highest BCUT2D eigenvalue weighted by atomic mass is 16.5. The second-order valence-electron chi connectivity index (χ2n) is 4.94. The number of hydrogen-bond acceptors (Lipinski definition) is 4. The van der Waals surface area contributed by atoms with Crippen molar-refractivity contribution in [3.8, 4) is 5.75 Å². The number of anilines is 1. The summed E-state index contributed by atoms with van der Waals surface area (Å²) in [6.07, 6.45) is 1.43. The molecule has 0 bridgehead atoms. The lowest BCUT2D eigenvalue weighted by molar-refractivity contribution is 0.223. The van der Waals surface area contributed by atoms with Gasteiger partial charge in [-0.3, -0.25) is 0 Å². The predicted molar refractivity (Wildman–Crippen MR) is 73.4 cm³/mol. The van der Waals surface area contributed by atoms with E-state index in [1.165, 1.54) is 5.69 Å². The molecule has 1 aromatic rings. The van der Waals surface area contributed by atoms with E-state index in [-0.39, 0.29) is 0 Å². The fourth-order valence-electron chi connectivity index (χ4n) is 2.63. The fourth-order valence-corrected chi connectivity index (χ4v) is 2.63. The summed E-state index contributed by atoms with van der Waals surface area (Å²) in [6, 6.07) is 8.42. The van der Waals surface area contributed by atoms with Crippen molar-refractivity contribution in [2.45, 2.75) is 12.5 Å². The first-order chi connectivity index (χ1) is 8.93. The first-order valence-electron chi connectivity index (χ1n) is 6.85. The fraction of sp³-hybridized carbons (Fsp3) is 0.571. The van der Waals surface area contributed by atoms with Crippen molar-refractivity contribution in [2.24, 2.45) is 0 Å². The van der Waals surface area contributed by atoms with Crippen molar-refractivity contribution in [3.05, 3.63) is 24.3 Å². The smallest absolute Gasteiger partial charge is 0.143 e. The Kier molecular flexibility index (Phi) is 3.67. The van der Waals surface area contributed by atoms with E-state index in [1.807, 2.05) is 0 Å². The van der Waals surface area contributed by atoms with Crippen molar-refractivity contribution < 1.29 is 4.74 Å². The molecule has 4 heteroatoms. The molecule has 0 amide bonds. The normalized spacial score (nSPS) is 24.2. The quantitative estimate of drug-likeness (QED) is 0.830. The van der Waals surface area contributed by atoms with Gasteiger partial charge in [-0.05, 0) is 25.1 Å². The van der Waals surface area contributed by atoms with Crippen LogP contribution in [0.2, 0.25) is 0 Å². The molecule has 1 atom stereocenters. The minimum Gasteiger partial charge on any atom is -0.487 e.